The first-order chi connectivity index (χ1) is 11.6. The molecule has 0 bridgehead atoms. The fourth-order valence-corrected chi connectivity index (χ4v) is 5.23. The van der Waals surface area contributed by atoms with E-state index in [9.17, 15) is 14.4 Å². The van der Waals surface area contributed by atoms with E-state index in [0.29, 0.717) is 31.4 Å². The van der Waals surface area contributed by atoms with Gasteiger partial charge in [0.05, 0.1) is 0 Å². The topological polar surface area (TPSA) is 60.9 Å². The largest absolute Gasteiger partial charge is 0.333 e. The average molecular weight is 367 g/mol. The number of hydrogen-bond donors (Lipinski definition) is 0. The molecule has 0 aromatic carbocycles. The molecular weight excluding hydrogens is 346 g/mol. The maximum Gasteiger partial charge on any atom is 0.327 e. The monoisotopic (exact) mass is 367 g/mol. The van der Waals surface area contributed by atoms with Crippen LogP contribution >= 0.6 is 23.1 Å². The van der Waals surface area contributed by atoms with E-state index < -0.39 is 11.8 Å². The quantitative estimate of drug-likeness (QED) is 0.751. The number of thiophene rings is 1. The number of carbonyl (C=O) groups excluding carboxylic acids is 3. The predicted molar refractivity (Wildman–Crippen MR) is 95.1 cm³/mol. The van der Waals surface area contributed by atoms with E-state index >= 15 is 0 Å². The highest BCUT2D eigenvalue weighted by atomic mass is 32.2. The number of nitrogens with zero attached hydrogens (tertiary/aromatic N) is 3. The Balaban J connectivity index is 1.63. The van der Waals surface area contributed by atoms with Gasteiger partial charge in [-0.05, 0) is 24.8 Å². The number of imide groups is 1. The Morgan fingerprint density at radius 2 is 2.04 bits per heavy atom. The summed E-state index contributed by atoms with van der Waals surface area (Å²) < 4.78 is 0. The summed E-state index contributed by atoms with van der Waals surface area (Å²) in [5.41, 5.74) is 0. The Hall–Kier alpha value is -1.54. The maximum atomic E-state index is 12.7. The van der Waals surface area contributed by atoms with Gasteiger partial charge in [0.2, 0.25) is 0 Å². The van der Waals surface area contributed by atoms with Gasteiger partial charge in [0.25, 0.3) is 0 Å². The lowest BCUT2D eigenvalue weighted by Crippen LogP contribution is -2.58. The summed E-state index contributed by atoms with van der Waals surface area (Å²) in [5.74, 6) is -0.427. The van der Waals surface area contributed by atoms with Crippen LogP contribution in [0.5, 0.6) is 0 Å². The first-order valence-electron chi connectivity index (χ1n) is 8.16. The Labute approximate surface area is 149 Å². The van der Waals surface area contributed by atoms with Crippen LogP contribution in [0.2, 0.25) is 0 Å². The van der Waals surface area contributed by atoms with Crippen LogP contribution in [-0.4, -0.2) is 71.0 Å². The van der Waals surface area contributed by atoms with Gasteiger partial charge in [-0.1, -0.05) is 6.07 Å². The van der Waals surface area contributed by atoms with E-state index in [1.165, 1.54) is 9.78 Å². The molecule has 0 saturated carbocycles. The number of amides is 4. The third-order valence-electron chi connectivity index (χ3n) is 4.39. The highest BCUT2D eigenvalue weighted by molar-refractivity contribution is 7.99. The summed E-state index contributed by atoms with van der Waals surface area (Å²) in [4.78, 5) is 42.5. The lowest BCUT2D eigenvalue weighted by Gasteiger charge is -2.34. The van der Waals surface area contributed by atoms with E-state index in [1.54, 1.807) is 16.2 Å². The lowest BCUT2D eigenvalue weighted by molar-refractivity contribution is -0.153. The minimum absolute atomic E-state index is 0.287. The second-order valence-electron chi connectivity index (χ2n) is 5.77. The minimum atomic E-state index is -0.695. The number of likely N-dealkylation sites (N-methyl/N-ethyl adjacent to an activating group) is 1. The standard InChI is InChI=1S/C16H21N3O3S2/c1-2-17-7-8-19(15(21)14(17)20)16(22)18-6-5-13(24-11-9-18)12-4-3-10-23-12/h3-4,10,13H,2,5-9,11H2,1H3. The van der Waals surface area contributed by atoms with Crippen molar-refractivity contribution >= 4 is 40.9 Å². The molecule has 2 aliphatic rings. The molecule has 4 amide bonds. The van der Waals surface area contributed by atoms with E-state index in [2.05, 4.69) is 11.4 Å². The molecule has 3 rings (SSSR count). The van der Waals surface area contributed by atoms with Crippen molar-refractivity contribution in [1.29, 1.82) is 0 Å². The number of hydrogen-bond acceptors (Lipinski definition) is 5. The Morgan fingerprint density at radius 1 is 1.21 bits per heavy atom. The SMILES string of the molecule is CCN1CCN(C(=O)N2CCSC(c3cccs3)CC2)C(=O)C1=O. The van der Waals surface area contributed by atoms with Gasteiger partial charge >= 0.3 is 17.8 Å². The molecule has 0 aliphatic carbocycles. The van der Waals surface area contributed by atoms with E-state index in [4.69, 9.17) is 0 Å². The molecule has 0 N–H and O–H groups in total. The van der Waals surface area contributed by atoms with Crippen LogP contribution in [0.4, 0.5) is 4.79 Å². The molecule has 0 radical (unpaired) electrons. The Morgan fingerprint density at radius 3 is 2.75 bits per heavy atom. The second kappa shape index (κ2) is 7.57. The minimum Gasteiger partial charge on any atom is -0.333 e. The number of urea groups is 1. The van der Waals surface area contributed by atoms with Crippen LogP contribution in [0.1, 0.15) is 23.5 Å². The molecule has 1 aromatic heterocycles. The zero-order valence-corrected chi connectivity index (χ0v) is 15.3. The second-order valence-corrected chi connectivity index (χ2v) is 8.06. The summed E-state index contributed by atoms with van der Waals surface area (Å²) >= 11 is 3.59. The fraction of sp³-hybridized carbons (Fsp3) is 0.562. The maximum absolute atomic E-state index is 12.7. The third-order valence-corrected chi connectivity index (χ3v) is 6.84. The van der Waals surface area contributed by atoms with Crippen molar-refractivity contribution in [2.75, 3.05) is 38.5 Å². The molecular formula is C16H21N3O3S2. The van der Waals surface area contributed by atoms with Gasteiger partial charge in [0.15, 0.2) is 0 Å². The van der Waals surface area contributed by atoms with E-state index in [-0.39, 0.29) is 12.6 Å². The normalized spacial score (nSPS) is 22.7. The van der Waals surface area contributed by atoms with Gasteiger partial charge in [-0.2, -0.15) is 11.8 Å². The van der Waals surface area contributed by atoms with Crippen molar-refractivity contribution in [3.05, 3.63) is 22.4 Å². The summed E-state index contributed by atoms with van der Waals surface area (Å²) in [5, 5.41) is 2.47. The summed E-state index contributed by atoms with van der Waals surface area (Å²) in [7, 11) is 0. The van der Waals surface area contributed by atoms with Crippen LogP contribution in [0.3, 0.4) is 0 Å². The smallest absolute Gasteiger partial charge is 0.327 e. The molecule has 2 aliphatic heterocycles. The van der Waals surface area contributed by atoms with Crippen LogP contribution in [0.25, 0.3) is 0 Å². The average Bonchev–Trinajstić information content (AvgIpc) is 3.01. The van der Waals surface area contributed by atoms with Crippen molar-refractivity contribution in [1.82, 2.24) is 14.7 Å². The van der Waals surface area contributed by atoms with Gasteiger partial charge in [-0.25, -0.2) is 4.79 Å². The zero-order chi connectivity index (χ0) is 17.1. The molecule has 1 unspecified atom stereocenters. The van der Waals surface area contributed by atoms with Gasteiger partial charge in [0.1, 0.15) is 0 Å². The van der Waals surface area contributed by atoms with Crippen LogP contribution in [0.15, 0.2) is 17.5 Å². The molecule has 6 nitrogen and oxygen atoms in total. The van der Waals surface area contributed by atoms with Crippen molar-refractivity contribution in [3.8, 4) is 0 Å². The molecule has 0 spiro atoms. The zero-order valence-electron chi connectivity index (χ0n) is 13.6. The summed E-state index contributed by atoms with van der Waals surface area (Å²) in [6.07, 6.45) is 0.869. The van der Waals surface area contributed by atoms with Crippen molar-refractivity contribution in [3.63, 3.8) is 0 Å². The molecule has 2 saturated heterocycles. The molecule has 130 valence electrons. The van der Waals surface area contributed by atoms with E-state index in [0.717, 1.165) is 17.1 Å². The Bertz CT molecular complexity index is 620. The first kappa shape index (κ1) is 17.3. The number of rotatable bonds is 2. The van der Waals surface area contributed by atoms with Crippen molar-refractivity contribution in [2.24, 2.45) is 0 Å². The Kier molecular flexibility index (Phi) is 5.45. The highest BCUT2D eigenvalue weighted by Crippen LogP contribution is 2.36. The molecule has 2 fully saturated rings. The predicted octanol–water partition coefficient (Wildman–Crippen LogP) is 2.04. The van der Waals surface area contributed by atoms with E-state index in [1.807, 2.05) is 24.8 Å². The lowest BCUT2D eigenvalue weighted by atomic mass is 10.2. The molecule has 1 aromatic rings. The molecule has 8 heteroatoms. The van der Waals surface area contributed by atoms with Crippen molar-refractivity contribution < 1.29 is 14.4 Å². The number of carbonyl (C=O) groups is 3. The molecule has 1 atom stereocenters. The summed E-state index contributed by atoms with van der Waals surface area (Å²) in [6.45, 7) is 4.27. The van der Waals surface area contributed by atoms with Gasteiger partial charge in [-0.15, -0.1) is 11.3 Å². The number of piperazine rings is 1. The van der Waals surface area contributed by atoms with Gasteiger partial charge in [0, 0.05) is 48.6 Å². The van der Waals surface area contributed by atoms with Gasteiger partial charge < -0.3 is 9.80 Å². The van der Waals surface area contributed by atoms with Crippen LogP contribution in [-0.2, 0) is 9.59 Å². The summed E-state index contributed by atoms with van der Waals surface area (Å²) in [6, 6.07) is 3.86. The van der Waals surface area contributed by atoms with Crippen LogP contribution in [0, 0.1) is 0 Å². The van der Waals surface area contributed by atoms with Gasteiger partial charge in [-0.3, -0.25) is 14.5 Å². The number of thioether (sulfide) groups is 1. The molecule has 3 heterocycles. The fourth-order valence-electron chi connectivity index (χ4n) is 2.99. The third kappa shape index (κ3) is 3.44. The van der Waals surface area contributed by atoms with Crippen molar-refractivity contribution in [2.45, 2.75) is 18.6 Å². The highest BCUT2D eigenvalue weighted by Gasteiger charge is 2.37. The van der Waals surface area contributed by atoms with Crippen LogP contribution < -0.4 is 0 Å². The first-order valence-corrected chi connectivity index (χ1v) is 10.1. The molecule has 24 heavy (non-hydrogen) atoms.